The smallest absolute Gasteiger partial charge is 0.259 e. The molecule has 0 unspecified atom stereocenters. The topological polar surface area (TPSA) is 136 Å². The number of sulfonamides is 1. The van der Waals surface area contributed by atoms with Crippen LogP contribution in [0.2, 0.25) is 0 Å². The fraction of sp³-hybridized carbons (Fsp3) is 0.364. The molecule has 4 aromatic rings. The molecule has 0 radical (unpaired) electrons. The number of rotatable bonds is 4. The lowest BCUT2D eigenvalue weighted by atomic mass is 10.1. The zero-order valence-electron chi connectivity index (χ0n) is 18.9. The van der Waals surface area contributed by atoms with Crippen molar-refractivity contribution in [1.29, 1.82) is 0 Å². The molecule has 1 fully saturated rings. The summed E-state index contributed by atoms with van der Waals surface area (Å²) < 4.78 is 43.7. The third-order valence-electron chi connectivity index (χ3n) is 5.93. The Morgan fingerprint density at radius 1 is 1.03 bits per heavy atom. The molecule has 0 spiro atoms. The maximum atomic E-state index is 13.6. The van der Waals surface area contributed by atoms with E-state index in [0.717, 1.165) is 0 Å². The summed E-state index contributed by atoms with van der Waals surface area (Å²) in [7, 11) is -3.79. The Bertz CT molecular complexity index is 1450. The van der Waals surface area contributed by atoms with E-state index in [4.69, 9.17) is 13.5 Å². The van der Waals surface area contributed by atoms with E-state index < -0.39 is 10.0 Å². The molecule has 1 saturated heterocycles. The molecule has 11 nitrogen and oxygen atoms in total. The molecule has 1 aliphatic rings. The van der Waals surface area contributed by atoms with Crippen LogP contribution in [-0.4, -0.2) is 65.0 Å². The van der Waals surface area contributed by atoms with E-state index in [0.29, 0.717) is 46.8 Å². The minimum atomic E-state index is -3.79. The fourth-order valence-electron chi connectivity index (χ4n) is 4.29. The molecular weight excluding hydrogens is 462 g/mol. The second kappa shape index (κ2) is 8.37. The Labute approximate surface area is 195 Å². The standard InChI is InChI=1S/C22H23N5O6S/c1-13-19-16(12-17(18-6-4-11-31-18)23-21(19)33-24-13)22(28)26-7-5-8-27(10-9-26)34(29,30)20-14(2)25-32-15(20)3/h4,6,11-12H,5,7-10H2,1-3H3. The lowest BCUT2D eigenvalue weighted by Crippen LogP contribution is -2.37. The highest BCUT2D eigenvalue weighted by Crippen LogP contribution is 2.29. The summed E-state index contributed by atoms with van der Waals surface area (Å²) in [5.41, 5.74) is 1.95. The van der Waals surface area contributed by atoms with Gasteiger partial charge in [0.25, 0.3) is 11.6 Å². The molecule has 0 aromatic carbocycles. The highest BCUT2D eigenvalue weighted by Gasteiger charge is 2.33. The van der Waals surface area contributed by atoms with Gasteiger partial charge in [0.05, 0.1) is 22.9 Å². The molecule has 178 valence electrons. The molecule has 5 rings (SSSR count). The first-order valence-electron chi connectivity index (χ1n) is 10.8. The molecule has 0 atom stereocenters. The highest BCUT2D eigenvalue weighted by atomic mass is 32.2. The van der Waals surface area contributed by atoms with Gasteiger partial charge < -0.3 is 18.4 Å². The average molecular weight is 486 g/mol. The molecule has 1 amide bonds. The molecule has 1 aliphatic heterocycles. The zero-order valence-corrected chi connectivity index (χ0v) is 19.8. The van der Waals surface area contributed by atoms with E-state index in [1.807, 2.05) is 0 Å². The van der Waals surface area contributed by atoms with Crippen molar-refractivity contribution < 1.29 is 26.7 Å². The molecule has 0 aliphatic carbocycles. The summed E-state index contributed by atoms with van der Waals surface area (Å²) in [6, 6.07) is 5.14. The molecule has 0 saturated carbocycles. The Morgan fingerprint density at radius 3 is 2.53 bits per heavy atom. The zero-order chi connectivity index (χ0) is 24.0. The van der Waals surface area contributed by atoms with Gasteiger partial charge in [-0.25, -0.2) is 13.4 Å². The van der Waals surface area contributed by atoms with Gasteiger partial charge in [0.15, 0.2) is 11.5 Å². The van der Waals surface area contributed by atoms with Gasteiger partial charge in [-0.05, 0) is 45.4 Å². The third-order valence-corrected chi connectivity index (χ3v) is 8.07. The first-order valence-corrected chi connectivity index (χ1v) is 12.2. The lowest BCUT2D eigenvalue weighted by Gasteiger charge is -2.22. The van der Waals surface area contributed by atoms with E-state index >= 15 is 0 Å². The lowest BCUT2D eigenvalue weighted by molar-refractivity contribution is 0.0766. The van der Waals surface area contributed by atoms with Gasteiger partial charge in [-0.15, -0.1) is 0 Å². The van der Waals surface area contributed by atoms with Crippen molar-refractivity contribution in [2.24, 2.45) is 0 Å². The quantitative estimate of drug-likeness (QED) is 0.427. The fourth-order valence-corrected chi connectivity index (χ4v) is 6.05. The van der Waals surface area contributed by atoms with Gasteiger partial charge >= 0.3 is 0 Å². The third kappa shape index (κ3) is 3.68. The van der Waals surface area contributed by atoms with Gasteiger partial charge in [0.1, 0.15) is 16.3 Å². The summed E-state index contributed by atoms with van der Waals surface area (Å²) in [6.45, 7) is 5.99. The summed E-state index contributed by atoms with van der Waals surface area (Å²) in [5.74, 6) is 0.503. The number of amides is 1. The Balaban J connectivity index is 1.45. The largest absolute Gasteiger partial charge is 0.463 e. The van der Waals surface area contributed by atoms with Crippen molar-refractivity contribution in [3.05, 3.63) is 47.2 Å². The predicted molar refractivity (Wildman–Crippen MR) is 119 cm³/mol. The van der Waals surface area contributed by atoms with Crippen LogP contribution in [0.5, 0.6) is 0 Å². The van der Waals surface area contributed by atoms with E-state index in [2.05, 4.69) is 15.3 Å². The van der Waals surface area contributed by atoms with Crippen molar-refractivity contribution in [2.45, 2.75) is 32.1 Å². The average Bonchev–Trinajstić information content (AvgIpc) is 3.50. The van der Waals surface area contributed by atoms with Crippen LogP contribution in [0.25, 0.3) is 22.6 Å². The number of fused-ring (bicyclic) bond motifs is 1. The van der Waals surface area contributed by atoms with Crippen LogP contribution in [-0.2, 0) is 10.0 Å². The number of hydrogen-bond donors (Lipinski definition) is 0. The van der Waals surface area contributed by atoms with Crippen LogP contribution in [0.4, 0.5) is 0 Å². The maximum Gasteiger partial charge on any atom is 0.259 e. The number of carbonyl (C=O) groups excluding carboxylic acids is 1. The normalized spacial score (nSPS) is 15.7. The van der Waals surface area contributed by atoms with E-state index in [9.17, 15) is 13.2 Å². The number of furan rings is 1. The molecule has 0 N–H and O–H groups in total. The van der Waals surface area contributed by atoms with Gasteiger partial charge in [-0.1, -0.05) is 10.3 Å². The van der Waals surface area contributed by atoms with Crippen molar-refractivity contribution >= 4 is 27.0 Å². The van der Waals surface area contributed by atoms with Crippen molar-refractivity contribution in [3.8, 4) is 11.5 Å². The number of aryl methyl sites for hydroxylation is 3. The van der Waals surface area contributed by atoms with Crippen molar-refractivity contribution in [1.82, 2.24) is 24.5 Å². The minimum absolute atomic E-state index is 0.0892. The number of pyridine rings is 1. The summed E-state index contributed by atoms with van der Waals surface area (Å²) >= 11 is 0. The summed E-state index contributed by atoms with van der Waals surface area (Å²) in [6.07, 6.45) is 2.01. The minimum Gasteiger partial charge on any atom is -0.463 e. The predicted octanol–water partition coefficient (Wildman–Crippen LogP) is 2.93. The summed E-state index contributed by atoms with van der Waals surface area (Å²) in [5, 5.41) is 8.28. The van der Waals surface area contributed by atoms with Crippen LogP contribution in [0, 0.1) is 20.8 Å². The first-order chi connectivity index (χ1) is 16.3. The first kappa shape index (κ1) is 22.3. The van der Waals surface area contributed by atoms with Crippen LogP contribution >= 0.6 is 0 Å². The van der Waals surface area contributed by atoms with Crippen LogP contribution in [0.3, 0.4) is 0 Å². The molecule has 5 heterocycles. The number of carbonyl (C=O) groups is 1. The van der Waals surface area contributed by atoms with Crippen molar-refractivity contribution in [2.75, 3.05) is 26.2 Å². The Kier molecular flexibility index (Phi) is 5.48. The maximum absolute atomic E-state index is 13.6. The van der Waals surface area contributed by atoms with Gasteiger partial charge in [-0.2, -0.15) is 4.31 Å². The second-order valence-electron chi connectivity index (χ2n) is 8.18. The summed E-state index contributed by atoms with van der Waals surface area (Å²) in [4.78, 5) is 19.8. The molecule has 0 bridgehead atoms. The molecule has 4 aromatic heterocycles. The molecule has 12 heteroatoms. The van der Waals surface area contributed by atoms with E-state index in [1.165, 1.54) is 10.6 Å². The molecule has 34 heavy (non-hydrogen) atoms. The Morgan fingerprint density at radius 2 is 1.82 bits per heavy atom. The van der Waals surface area contributed by atoms with Gasteiger partial charge in [-0.3, -0.25) is 4.79 Å². The van der Waals surface area contributed by atoms with Gasteiger partial charge in [0.2, 0.25) is 10.0 Å². The van der Waals surface area contributed by atoms with Crippen LogP contribution in [0.1, 0.15) is 33.9 Å². The highest BCUT2D eigenvalue weighted by molar-refractivity contribution is 7.89. The number of hydrogen-bond acceptors (Lipinski definition) is 9. The number of nitrogens with zero attached hydrogens (tertiary/aromatic N) is 5. The molecular formula is C22H23N5O6S. The van der Waals surface area contributed by atoms with Gasteiger partial charge in [0, 0.05) is 26.2 Å². The monoisotopic (exact) mass is 485 g/mol. The van der Waals surface area contributed by atoms with E-state index in [-0.39, 0.29) is 41.9 Å². The Hall–Kier alpha value is -3.51. The van der Waals surface area contributed by atoms with Crippen molar-refractivity contribution in [3.63, 3.8) is 0 Å². The van der Waals surface area contributed by atoms with Crippen LogP contribution in [0.15, 0.2) is 42.8 Å². The SMILES string of the molecule is Cc1noc(C)c1S(=O)(=O)N1CCCN(C(=O)c2cc(-c3ccco3)nc3onc(C)c23)CC1. The second-order valence-corrected chi connectivity index (χ2v) is 10.1. The number of aromatic nitrogens is 3. The van der Waals surface area contributed by atoms with Crippen LogP contribution < -0.4 is 0 Å². The van der Waals surface area contributed by atoms with E-state index in [1.54, 1.807) is 43.9 Å².